The lowest BCUT2D eigenvalue weighted by Gasteiger charge is -2.34. The van der Waals surface area contributed by atoms with Gasteiger partial charge in [-0.2, -0.15) is 0 Å². The summed E-state index contributed by atoms with van der Waals surface area (Å²) in [5, 5.41) is 3.65. The summed E-state index contributed by atoms with van der Waals surface area (Å²) in [7, 11) is 0. The molecule has 1 atom stereocenters. The van der Waals surface area contributed by atoms with Gasteiger partial charge in [0.1, 0.15) is 12.4 Å². The Balaban J connectivity index is 1.69. The molecule has 1 saturated carbocycles. The van der Waals surface area contributed by atoms with E-state index in [0.29, 0.717) is 6.04 Å². The maximum Gasteiger partial charge on any atom is 0.122 e. The van der Waals surface area contributed by atoms with E-state index in [1.165, 1.54) is 24.8 Å². The lowest BCUT2D eigenvalue weighted by atomic mass is 9.91. The average Bonchev–Trinajstić information content (AvgIpc) is 2.23. The molecule has 16 heavy (non-hydrogen) atoms. The van der Waals surface area contributed by atoms with Crippen LogP contribution in [0.1, 0.15) is 24.8 Å². The van der Waals surface area contributed by atoms with Gasteiger partial charge in [-0.15, -0.1) is 0 Å². The SMILES string of the molecule is Nc1ccc2c(c1)CC(NC1CCC1)CO2. The quantitative estimate of drug-likeness (QED) is 0.743. The molecule has 3 N–H and O–H groups in total. The number of nitrogens with two attached hydrogens (primary N) is 1. The second kappa shape index (κ2) is 3.98. The van der Waals surface area contributed by atoms with Crippen molar-refractivity contribution in [2.45, 2.75) is 37.8 Å². The Hall–Kier alpha value is -1.22. The molecule has 1 heterocycles. The van der Waals surface area contributed by atoms with Crippen molar-refractivity contribution in [2.75, 3.05) is 12.3 Å². The number of rotatable bonds is 2. The molecule has 3 heteroatoms. The van der Waals surface area contributed by atoms with Gasteiger partial charge in [-0.1, -0.05) is 6.42 Å². The molecule has 1 aliphatic heterocycles. The van der Waals surface area contributed by atoms with Gasteiger partial charge in [0.25, 0.3) is 0 Å². The third kappa shape index (κ3) is 1.87. The molecule has 1 aliphatic carbocycles. The van der Waals surface area contributed by atoms with Crippen molar-refractivity contribution in [3.8, 4) is 5.75 Å². The first-order chi connectivity index (χ1) is 7.81. The molecular formula is C13H18N2O. The molecule has 1 fully saturated rings. The van der Waals surface area contributed by atoms with Crippen LogP contribution in [0.25, 0.3) is 0 Å². The first-order valence-electron chi connectivity index (χ1n) is 6.08. The number of hydrogen-bond donors (Lipinski definition) is 2. The van der Waals surface area contributed by atoms with Crippen molar-refractivity contribution in [1.82, 2.24) is 5.32 Å². The minimum absolute atomic E-state index is 0.458. The van der Waals surface area contributed by atoms with Crippen molar-refractivity contribution in [1.29, 1.82) is 0 Å². The maximum absolute atomic E-state index is 5.79. The van der Waals surface area contributed by atoms with Crippen molar-refractivity contribution < 1.29 is 4.74 Å². The van der Waals surface area contributed by atoms with E-state index in [2.05, 4.69) is 5.32 Å². The summed E-state index contributed by atoms with van der Waals surface area (Å²) < 4.78 is 5.74. The van der Waals surface area contributed by atoms with Crippen LogP contribution >= 0.6 is 0 Å². The van der Waals surface area contributed by atoms with Gasteiger partial charge in [-0.3, -0.25) is 0 Å². The Bertz CT molecular complexity index is 388. The molecule has 2 aliphatic rings. The van der Waals surface area contributed by atoms with E-state index in [1.54, 1.807) is 0 Å². The van der Waals surface area contributed by atoms with Crippen molar-refractivity contribution in [3.63, 3.8) is 0 Å². The largest absolute Gasteiger partial charge is 0.492 e. The summed E-state index contributed by atoms with van der Waals surface area (Å²) in [4.78, 5) is 0. The van der Waals surface area contributed by atoms with E-state index in [-0.39, 0.29) is 0 Å². The van der Waals surface area contributed by atoms with Crippen LogP contribution in [0.15, 0.2) is 18.2 Å². The van der Waals surface area contributed by atoms with Crippen LogP contribution in [0.2, 0.25) is 0 Å². The normalized spacial score (nSPS) is 24.4. The third-order valence-electron chi connectivity index (χ3n) is 3.57. The highest BCUT2D eigenvalue weighted by atomic mass is 16.5. The predicted octanol–water partition coefficient (Wildman–Crippen LogP) is 1.71. The molecule has 3 rings (SSSR count). The zero-order valence-corrected chi connectivity index (χ0v) is 9.41. The predicted molar refractivity (Wildman–Crippen MR) is 64.6 cm³/mol. The van der Waals surface area contributed by atoms with Gasteiger partial charge < -0.3 is 15.8 Å². The summed E-state index contributed by atoms with van der Waals surface area (Å²) in [6, 6.07) is 7.09. The Morgan fingerprint density at radius 3 is 2.88 bits per heavy atom. The first-order valence-corrected chi connectivity index (χ1v) is 6.08. The second-order valence-corrected chi connectivity index (χ2v) is 4.87. The van der Waals surface area contributed by atoms with Crippen LogP contribution in [-0.4, -0.2) is 18.7 Å². The molecule has 0 spiro atoms. The molecule has 0 bridgehead atoms. The third-order valence-corrected chi connectivity index (χ3v) is 3.57. The van der Waals surface area contributed by atoms with Crippen LogP contribution in [0, 0.1) is 0 Å². The summed E-state index contributed by atoms with van der Waals surface area (Å²) in [5.74, 6) is 1.00. The van der Waals surface area contributed by atoms with Crippen LogP contribution in [0.5, 0.6) is 5.75 Å². The number of fused-ring (bicyclic) bond motifs is 1. The van der Waals surface area contributed by atoms with E-state index in [1.807, 2.05) is 18.2 Å². The van der Waals surface area contributed by atoms with Crippen LogP contribution in [0.4, 0.5) is 5.69 Å². The Morgan fingerprint density at radius 2 is 2.12 bits per heavy atom. The number of anilines is 1. The second-order valence-electron chi connectivity index (χ2n) is 4.87. The monoisotopic (exact) mass is 218 g/mol. The topological polar surface area (TPSA) is 47.3 Å². The fourth-order valence-corrected chi connectivity index (χ4v) is 2.43. The van der Waals surface area contributed by atoms with E-state index < -0.39 is 0 Å². The van der Waals surface area contributed by atoms with E-state index in [4.69, 9.17) is 10.5 Å². The summed E-state index contributed by atoms with van der Waals surface area (Å²) in [6.07, 6.45) is 5.05. The number of ether oxygens (including phenoxy) is 1. The van der Waals surface area contributed by atoms with Gasteiger partial charge in [-0.25, -0.2) is 0 Å². The fourth-order valence-electron chi connectivity index (χ4n) is 2.43. The summed E-state index contributed by atoms with van der Waals surface area (Å²) >= 11 is 0. The van der Waals surface area contributed by atoms with E-state index in [0.717, 1.165) is 30.5 Å². The van der Waals surface area contributed by atoms with Gasteiger partial charge >= 0.3 is 0 Å². The maximum atomic E-state index is 5.79. The van der Waals surface area contributed by atoms with Gasteiger partial charge in [0.05, 0.1) is 0 Å². The van der Waals surface area contributed by atoms with Crippen LogP contribution < -0.4 is 15.8 Å². The Morgan fingerprint density at radius 1 is 1.25 bits per heavy atom. The Kier molecular flexibility index (Phi) is 2.48. The summed E-state index contributed by atoms with van der Waals surface area (Å²) in [5.41, 5.74) is 7.85. The highest BCUT2D eigenvalue weighted by Gasteiger charge is 2.25. The molecule has 0 radical (unpaired) electrons. The smallest absolute Gasteiger partial charge is 0.122 e. The highest BCUT2D eigenvalue weighted by molar-refractivity contribution is 5.48. The number of benzene rings is 1. The molecule has 1 aromatic rings. The van der Waals surface area contributed by atoms with Gasteiger partial charge in [0, 0.05) is 17.8 Å². The fraction of sp³-hybridized carbons (Fsp3) is 0.538. The zero-order valence-electron chi connectivity index (χ0n) is 9.41. The standard InChI is InChI=1S/C13H18N2O/c14-10-4-5-13-9(6-10)7-12(8-16-13)15-11-2-1-3-11/h4-6,11-12,15H,1-3,7-8,14H2. The minimum Gasteiger partial charge on any atom is -0.492 e. The minimum atomic E-state index is 0.458. The van der Waals surface area contributed by atoms with Crippen molar-refractivity contribution >= 4 is 5.69 Å². The van der Waals surface area contributed by atoms with Crippen LogP contribution in [-0.2, 0) is 6.42 Å². The average molecular weight is 218 g/mol. The number of hydrogen-bond acceptors (Lipinski definition) is 3. The lowest BCUT2D eigenvalue weighted by Crippen LogP contribution is -2.47. The molecule has 0 amide bonds. The van der Waals surface area contributed by atoms with Crippen molar-refractivity contribution in [3.05, 3.63) is 23.8 Å². The van der Waals surface area contributed by atoms with Gasteiger partial charge in [-0.05, 0) is 43.0 Å². The lowest BCUT2D eigenvalue weighted by molar-refractivity contribution is 0.204. The molecule has 1 unspecified atom stereocenters. The van der Waals surface area contributed by atoms with Gasteiger partial charge in [0.15, 0.2) is 0 Å². The Labute approximate surface area is 96.0 Å². The molecule has 86 valence electrons. The van der Waals surface area contributed by atoms with Crippen LogP contribution in [0.3, 0.4) is 0 Å². The molecule has 0 saturated heterocycles. The zero-order chi connectivity index (χ0) is 11.0. The molecular weight excluding hydrogens is 200 g/mol. The number of nitrogens with one attached hydrogen (secondary N) is 1. The highest BCUT2D eigenvalue weighted by Crippen LogP contribution is 2.28. The first kappa shape index (κ1) is 9.97. The summed E-state index contributed by atoms with van der Waals surface area (Å²) in [6.45, 7) is 0.785. The van der Waals surface area contributed by atoms with E-state index >= 15 is 0 Å². The van der Waals surface area contributed by atoms with E-state index in [9.17, 15) is 0 Å². The molecule has 1 aromatic carbocycles. The number of nitrogen functional groups attached to an aromatic ring is 1. The van der Waals surface area contributed by atoms with Crippen molar-refractivity contribution in [2.24, 2.45) is 0 Å². The van der Waals surface area contributed by atoms with Gasteiger partial charge in [0.2, 0.25) is 0 Å². The molecule has 3 nitrogen and oxygen atoms in total. The molecule has 0 aromatic heterocycles.